The Bertz CT molecular complexity index is 1060. The predicted molar refractivity (Wildman–Crippen MR) is 116 cm³/mol. The van der Waals surface area contributed by atoms with Crippen molar-refractivity contribution in [3.8, 4) is 5.75 Å². The van der Waals surface area contributed by atoms with Crippen molar-refractivity contribution in [3.63, 3.8) is 0 Å². The number of carbonyl (C=O) groups is 1. The molecule has 1 aliphatic rings. The van der Waals surface area contributed by atoms with Crippen LogP contribution in [0.3, 0.4) is 0 Å². The number of carboxylic acids is 1. The average Bonchev–Trinajstić information content (AvgIpc) is 2.77. The second-order valence-electron chi connectivity index (χ2n) is 7.85. The number of anilines is 1. The van der Waals surface area contributed by atoms with Gasteiger partial charge in [-0.3, -0.25) is 0 Å². The average molecular weight is 441 g/mol. The molecular formula is C26H25FNNaO3. The van der Waals surface area contributed by atoms with E-state index in [1.165, 1.54) is 22.9 Å². The van der Waals surface area contributed by atoms with E-state index in [0.29, 0.717) is 17.9 Å². The molecular weight excluding hydrogens is 416 g/mol. The molecule has 0 saturated heterocycles. The zero-order valence-electron chi connectivity index (χ0n) is 18.4. The van der Waals surface area contributed by atoms with Gasteiger partial charge in [-0.25, -0.2) is 4.39 Å². The fraction of sp³-hybridized carbons (Fsp3) is 0.269. The molecule has 0 amide bonds. The van der Waals surface area contributed by atoms with Crippen LogP contribution in [0, 0.1) is 5.82 Å². The van der Waals surface area contributed by atoms with E-state index in [4.69, 9.17) is 4.74 Å². The van der Waals surface area contributed by atoms with Crippen LogP contribution in [0.15, 0.2) is 66.7 Å². The third-order valence-electron chi connectivity index (χ3n) is 5.63. The molecule has 4 rings (SSSR count). The van der Waals surface area contributed by atoms with Gasteiger partial charge in [0.25, 0.3) is 0 Å². The molecule has 0 aliphatic carbocycles. The number of hydrogen-bond acceptors (Lipinski definition) is 4. The molecule has 0 spiro atoms. The summed E-state index contributed by atoms with van der Waals surface area (Å²) in [5, 5.41) is 10.6. The quantitative estimate of drug-likeness (QED) is 0.491. The first-order valence-corrected chi connectivity index (χ1v) is 10.6. The van der Waals surface area contributed by atoms with Crippen LogP contribution < -0.4 is 44.3 Å². The van der Waals surface area contributed by atoms with Gasteiger partial charge in [0.1, 0.15) is 18.2 Å². The van der Waals surface area contributed by atoms with E-state index in [1.54, 1.807) is 12.1 Å². The maximum atomic E-state index is 14.3. The maximum Gasteiger partial charge on any atom is 1.00 e. The molecule has 3 aromatic carbocycles. The largest absolute Gasteiger partial charge is 1.00 e. The number of carbonyl (C=O) groups excluding carboxylic acids is 1. The Morgan fingerprint density at radius 2 is 1.84 bits per heavy atom. The van der Waals surface area contributed by atoms with Gasteiger partial charge in [0, 0.05) is 36.4 Å². The number of benzene rings is 3. The summed E-state index contributed by atoms with van der Waals surface area (Å²) in [6, 6.07) is 21.3. The molecule has 1 heterocycles. The molecule has 1 aliphatic heterocycles. The number of aliphatic carboxylic acids is 1. The van der Waals surface area contributed by atoms with Gasteiger partial charge in [0.2, 0.25) is 0 Å². The Labute approximate surface area is 210 Å². The second-order valence-corrected chi connectivity index (χ2v) is 7.85. The van der Waals surface area contributed by atoms with Gasteiger partial charge in [-0.15, -0.1) is 0 Å². The van der Waals surface area contributed by atoms with E-state index < -0.39 is 11.8 Å². The molecule has 0 N–H and O–H groups in total. The molecule has 0 aromatic heterocycles. The smallest absolute Gasteiger partial charge is 0.550 e. The number of carboxylic acid groups (broad SMARTS) is 1. The van der Waals surface area contributed by atoms with E-state index in [-0.39, 0.29) is 42.4 Å². The van der Waals surface area contributed by atoms with Crippen LogP contribution >= 0.6 is 0 Å². The van der Waals surface area contributed by atoms with Crippen molar-refractivity contribution in [3.05, 3.63) is 94.8 Å². The molecule has 0 saturated carbocycles. The van der Waals surface area contributed by atoms with Crippen LogP contribution in [0.2, 0.25) is 0 Å². The second kappa shape index (κ2) is 11.5. The van der Waals surface area contributed by atoms with Crippen molar-refractivity contribution in [2.45, 2.75) is 38.8 Å². The van der Waals surface area contributed by atoms with Crippen LogP contribution in [0.25, 0.3) is 0 Å². The molecule has 160 valence electrons. The summed E-state index contributed by atoms with van der Waals surface area (Å²) in [6.07, 6.45) is 2.05. The van der Waals surface area contributed by atoms with Crippen LogP contribution in [-0.4, -0.2) is 12.5 Å². The van der Waals surface area contributed by atoms with E-state index in [9.17, 15) is 14.3 Å². The zero-order valence-corrected chi connectivity index (χ0v) is 20.4. The van der Waals surface area contributed by atoms with Crippen molar-refractivity contribution in [1.29, 1.82) is 0 Å². The molecule has 4 nitrogen and oxygen atoms in total. The summed E-state index contributed by atoms with van der Waals surface area (Å²) in [5.74, 6) is -1.22. The topological polar surface area (TPSA) is 52.6 Å². The van der Waals surface area contributed by atoms with E-state index in [1.807, 2.05) is 12.1 Å². The fourth-order valence-corrected chi connectivity index (χ4v) is 4.12. The van der Waals surface area contributed by atoms with Gasteiger partial charge < -0.3 is 19.5 Å². The standard InChI is InChI=1S/C26H26FNO3.Na/c27-24-16-23(13-11-20(24)12-14-25(29)30)31-18-22-9-4-8-21-10-5-15-28(26(21)22)17-19-6-2-1-3-7-19;/h1-4,6-9,11,13,16H,5,10,12,14-15,17-18H2,(H,29,30);/q;+1/p-1. The van der Waals surface area contributed by atoms with Crippen molar-refractivity contribution in [2.24, 2.45) is 0 Å². The van der Waals surface area contributed by atoms with Gasteiger partial charge in [0.15, 0.2) is 0 Å². The summed E-state index contributed by atoms with van der Waals surface area (Å²) in [5.41, 5.74) is 5.22. The maximum absolute atomic E-state index is 14.3. The molecule has 3 aromatic rings. The normalized spacial score (nSPS) is 12.6. The monoisotopic (exact) mass is 441 g/mol. The molecule has 0 radical (unpaired) electrons. The van der Waals surface area contributed by atoms with Crippen molar-refractivity contribution in [2.75, 3.05) is 11.4 Å². The summed E-state index contributed by atoms with van der Waals surface area (Å²) in [7, 11) is 0. The van der Waals surface area contributed by atoms with Crippen molar-refractivity contribution >= 4 is 11.7 Å². The Balaban J connectivity index is 0.00000289. The SMILES string of the molecule is O=C([O-])CCc1ccc(OCc2cccc3c2N(Cc2ccccc2)CCC3)cc1F.[Na+]. The van der Waals surface area contributed by atoms with Crippen LogP contribution in [0.4, 0.5) is 10.1 Å². The Hall–Kier alpha value is -2.34. The Morgan fingerprint density at radius 1 is 1.03 bits per heavy atom. The number of hydrogen-bond donors (Lipinski definition) is 0. The summed E-state index contributed by atoms with van der Waals surface area (Å²) < 4.78 is 20.2. The number of para-hydroxylation sites is 1. The molecule has 6 heteroatoms. The molecule has 0 unspecified atom stereocenters. The first kappa shape index (κ1) is 24.3. The minimum atomic E-state index is -1.19. The van der Waals surface area contributed by atoms with Gasteiger partial charge in [-0.1, -0.05) is 54.6 Å². The Kier molecular flexibility index (Phi) is 8.74. The number of halogens is 1. The minimum absolute atomic E-state index is 0. The number of ether oxygens (including phenoxy) is 1. The molecule has 0 atom stereocenters. The van der Waals surface area contributed by atoms with Crippen LogP contribution in [0.5, 0.6) is 5.75 Å². The first-order chi connectivity index (χ1) is 15.1. The first-order valence-electron chi connectivity index (χ1n) is 10.6. The van der Waals surface area contributed by atoms with Crippen LogP contribution in [0.1, 0.15) is 35.1 Å². The van der Waals surface area contributed by atoms with E-state index in [0.717, 1.165) is 31.5 Å². The zero-order chi connectivity index (χ0) is 21.6. The molecule has 0 bridgehead atoms. The van der Waals surface area contributed by atoms with E-state index in [2.05, 4.69) is 41.3 Å². The number of fused-ring (bicyclic) bond motifs is 1. The minimum Gasteiger partial charge on any atom is -0.550 e. The van der Waals surface area contributed by atoms with Crippen LogP contribution in [-0.2, 0) is 30.8 Å². The number of aryl methyl sites for hydroxylation is 2. The van der Waals surface area contributed by atoms with Gasteiger partial charge >= 0.3 is 29.6 Å². The molecule has 0 fully saturated rings. The van der Waals surface area contributed by atoms with E-state index >= 15 is 0 Å². The number of rotatable bonds is 8. The van der Waals surface area contributed by atoms with Gasteiger partial charge in [-0.2, -0.15) is 0 Å². The third-order valence-corrected chi connectivity index (χ3v) is 5.63. The number of nitrogens with zero attached hydrogens (tertiary/aromatic N) is 1. The Morgan fingerprint density at radius 3 is 2.59 bits per heavy atom. The van der Waals surface area contributed by atoms with Crippen molar-refractivity contribution in [1.82, 2.24) is 0 Å². The van der Waals surface area contributed by atoms with Gasteiger partial charge in [-0.05, 0) is 48.4 Å². The summed E-state index contributed by atoms with van der Waals surface area (Å²) >= 11 is 0. The third kappa shape index (κ3) is 6.12. The predicted octanol–water partition coefficient (Wildman–Crippen LogP) is 1.04. The fourth-order valence-electron chi connectivity index (χ4n) is 4.12. The van der Waals surface area contributed by atoms with Crippen molar-refractivity contribution < 1.29 is 48.6 Å². The molecule has 32 heavy (non-hydrogen) atoms. The summed E-state index contributed by atoms with van der Waals surface area (Å²) in [6.45, 7) is 2.17. The summed E-state index contributed by atoms with van der Waals surface area (Å²) in [4.78, 5) is 13.0. The van der Waals surface area contributed by atoms with Gasteiger partial charge in [0.05, 0.1) is 0 Å².